The molecule has 1 aliphatic carbocycles. The lowest BCUT2D eigenvalue weighted by atomic mass is 9.75. The van der Waals surface area contributed by atoms with E-state index in [0.29, 0.717) is 11.6 Å². The van der Waals surface area contributed by atoms with Crippen LogP contribution in [-0.4, -0.2) is 13.1 Å². The van der Waals surface area contributed by atoms with Crippen LogP contribution < -0.4 is 4.90 Å². The number of nitrogens with zero attached hydrogens (tertiary/aromatic N) is 2. The molecular formula is C16H19F3N2O. The van der Waals surface area contributed by atoms with E-state index in [1.54, 1.807) is 0 Å². The van der Waals surface area contributed by atoms with E-state index in [1.807, 2.05) is 4.90 Å². The number of anilines is 1. The van der Waals surface area contributed by atoms with E-state index in [2.05, 4.69) is 5.18 Å². The average Bonchev–Trinajstić information content (AvgIpc) is 2.53. The van der Waals surface area contributed by atoms with Gasteiger partial charge < -0.3 is 4.90 Å². The number of benzene rings is 1. The Morgan fingerprint density at radius 1 is 1.09 bits per heavy atom. The summed E-state index contributed by atoms with van der Waals surface area (Å²) in [6.07, 6.45) is 1.53. The van der Waals surface area contributed by atoms with Gasteiger partial charge in [-0.25, -0.2) is 0 Å². The summed E-state index contributed by atoms with van der Waals surface area (Å²) in [7, 11) is 0. The SMILES string of the molecule is O=Nc1cc(C(F)(F)F)ccc1N1CC[C@H]2CCCC[C@@H]2C1. The number of fused-ring (bicyclic) bond motifs is 1. The molecular weight excluding hydrogens is 293 g/mol. The topological polar surface area (TPSA) is 32.7 Å². The number of halogens is 3. The Kier molecular flexibility index (Phi) is 4.10. The third-order valence-corrected chi connectivity index (χ3v) is 5.03. The smallest absolute Gasteiger partial charge is 0.369 e. The maximum absolute atomic E-state index is 12.7. The lowest BCUT2D eigenvalue weighted by Crippen LogP contribution is -2.41. The molecule has 2 atom stereocenters. The summed E-state index contributed by atoms with van der Waals surface area (Å²) in [5.74, 6) is 1.32. The molecule has 0 spiro atoms. The van der Waals surface area contributed by atoms with Crippen LogP contribution in [0.2, 0.25) is 0 Å². The van der Waals surface area contributed by atoms with Crippen LogP contribution in [0.5, 0.6) is 0 Å². The van der Waals surface area contributed by atoms with Crippen molar-refractivity contribution in [2.24, 2.45) is 17.0 Å². The molecule has 3 rings (SSSR count). The Bertz CT molecular complexity index is 559. The lowest BCUT2D eigenvalue weighted by molar-refractivity contribution is -0.137. The fourth-order valence-electron chi connectivity index (χ4n) is 3.86. The van der Waals surface area contributed by atoms with Gasteiger partial charge in [-0.15, -0.1) is 4.91 Å². The molecule has 0 unspecified atom stereocenters. The van der Waals surface area contributed by atoms with Crippen LogP contribution >= 0.6 is 0 Å². The first-order chi connectivity index (χ1) is 10.5. The first-order valence-electron chi connectivity index (χ1n) is 7.78. The van der Waals surface area contributed by atoms with E-state index in [4.69, 9.17) is 0 Å². The van der Waals surface area contributed by atoms with Gasteiger partial charge in [-0.3, -0.25) is 0 Å². The molecule has 1 saturated carbocycles. The first kappa shape index (κ1) is 15.3. The number of hydrogen-bond donors (Lipinski definition) is 0. The molecule has 0 amide bonds. The fourth-order valence-corrected chi connectivity index (χ4v) is 3.86. The van der Waals surface area contributed by atoms with Gasteiger partial charge in [-0.05, 0) is 48.1 Å². The van der Waals surface area contributed by atoms with E-state index in [0.717, 1.165) is 37.6 Å². The Labute approximate surface area is 127 Å². The van der Waals surface area contributed by atoms with Crippen molar-refractivity contribution in [2.75, 3.05) is 18.0 Å². The Hall–Kier alpha value is -1.59. The van der Waals surface area contributed by atoms with Crippen LogP contribution in [0.25, 0.3) is 0 Å². The molecule has 1 aliphatic heterocycles. The van der Waals surface area contributed by atoms with Crippen molar-refractivity contribution in [3.05, 3.63) is 28.7 Å². The third-order valence-electron chi connectivity index (χ3n) is 5.03. The zero-order chi connectivity index (χ0) is 15.7. The van der Waals surface area contributed by atoms with Gasteiger partial charge in [0.15, 0.2) is 0 Å². The highest BCUT2D eigenvalue weighted by Gasteiger charge is 2.34. The first-order valence-corrected chi connectivity index (χ1v) is 7.78. The molecule has 1 saturated heterocycles. The normalized spacial score (nSPS) is 25.7. The van der Waals surface area contributed by atoms with Gasteiger partial charge in [-0.2, -0.15) is 13.2 Å². The monoisotopic (exact) mass is 312 g/mol. The fraction of sp³-hybridized carbons (Fsp3) is 0.625. The van der Waals surface area contributed by atoms with Crippen molar-refractivity contribution in [2.45, 2.75) is 38.3 Å². The van der Waals surface area contributed by atoms with Crippen LogP contribution in [0.4, 0.5) is 24.5 Å². The van der Waals surface area contributed by atoms with Crippen LogP contribution in [0.1, 0.15) is 37.7 Å². The van der Waals surface area contributed by atoms with Gasteiger partial charge >= 0.3 is 6.18 Å². The van der Waals surface area contributed by atoms with Crippen LogP contribution in [0.3, 0.4) is 0 Å². The molecule has 120 valence electrons. The van der Waals surface area contributed by atoms with Crippen LogP contribution in [-0.2, 0) is 6.18 Å². The van der Waals surface area contributed by atoms with Crippen LogP contribution in [0, 0.1) is 16.7 Å². The minimum Gasteiger partial charge on any atom is -0.369 e. The predicted molar refractivity (Wildman–Crippen MR) is 79.2 cm³/mol. The van der Waals surface area contributed by atoms with Crippen molar-refractivity contribution in [1.29, 1.82) is 0 Å². The van der Waals surface area contributed by atoms with Crippen LogP contribution in [0.15, 0.2) is 23.4 Å². The summed E-state index contributed by atoms with van der Waals surface area (Å²) in [6, 6.07) is 3.29. The molecule has 0 N–H and O–H groups in total. The van der Waals surface area contributed by atoms with Crippen molar-refractivity contribution in [3.63, 3.8) is 0 Å². The van der Waals surface area contributed by atoms with E-state index >= 15 is 0 Å². The molecule has 3 nitrogen and oxygen atoms in total. The summed E-state index contributed by atoms with van der Waals surface area (Å²) < 4.78 is 38.2. The summed E-state index contributed by atoms with van der Waals surface area (Å²) >= 11 is 0. The van der Waals surface area contributed by atoms with Gasteiger partial charge in [0.05, 0.1) is 11.3 Å². The van der Waals surface area contributed by atoms with Gasteiger partial charge in [0, 0.05) is 13.1 Å². The zero-order valence-corrected chi connectivity index (χ0v) is 12.3. The molecule has 2 fully saturated rings. The number of alkyl halides is 3. The number of piperidine rings is 1. The summed E-state index contributed by atoms with van der Waals surface area (Å²) in [4.78, 5) is 13.0. The quantitative estimate of drug-likeness (QED) is 0.710. The van der Waals surface area contributed by atoms with Crippen molar-refractivity contribution >= 4 is 11.4 Å². The van der Waals surface area contributed by atoms with Gasteiger partial charge in [-0.1, -0.05) is 19.3 Å². The molecule has 0 aromatic heterocycles. The largest absolute Gasteiger partial charge is 0.416 e. The van der Waals surface area contributed by atoms with E-state index < -0.39 is 11.7 Å². The van der Waals surface area contributed by atoms with E-state index in [9.17, 15) is 18.1 Å². The zero-order valence-electron chi connectivity index (χ0n) is 12.3. The molecule has 1 aromatic rings. The maximum atomic E-state index is 12.7. The van der Waals surface area contributed by atoms with E-state index in [1.165, 1.54) is 31.7 Å². The molecule has 1 aromatic carbocycles. The van der Waals surface area contributed by atoms with Gasteiger partial charge in [0.25, 0.3) is 0 Å². The molecule has 6 heteroatoms. The highest BCUT2D eigenvalue weighted by atomic mass is 19.4. The maximum Gasteiger partial charge on any atom is 0.416 e. The van der Waals surface area contributed by atoms with Crippen molar-refractivity contribution in [3.8, 4) is 0 Å². The second-order valence-corrected chi connectivity index (χ2v) is 6.33. The molecule has 0 bridgehead atoms. The lowest BCUT2D eigenvalue weighted by Gasteiger charge is -2.42. The minimum atomic E-state index is -4.45. The number of nitroso groups, excluding NO2 is 1. The average molecular weight is 312 g/mol. The van der Waals surface area contributed by atoms with Crippen molar-refractivity contribution in [1.82, 2.24) is 0 Å². The highest BCUT2D eigenvalue weighted by Crippen LogP contribution is 2.41. The Morgan fingerprint density at radius 2 is 1.82 bits per heavy atom. The summed E-state index contributed by atoms with van der Waals surface area (Å²) in [5.41, 5.74) is -0.394. The van der Waals surface area contributed by atoms with Crippen molar-refractivity contribution < 1.29 is 13.2 Å². The molecule has 0 radical (unpaired) electrons. The summed E-state index contributed by atoms with van der Waals surface area (Å²) in [5, 5.41) is 2.83. The molecule has 2 aliphatic rings. The number of hydrogen-bond acceptors (Lipinski definition) is 3. The van der Waals surface area contributed by atoms with Gasteiger partial charge in [0.2, 0.25) is 0 Å². The second kappa shape index (κ2) is 5.89. The third kappa shape index (κ3) is 2.96. The predicted octanol–water partition coefficient (Wildman–Crippen LogP) is 5.12. The standard InChI is InChI=1S/C16H19F3N2O/c17-16(18,19)13-5-6-15(14(9-13)20-22)21-8-7-11-3-1-2-4-12(11)10-21/h5-6,9,11-12H,1-4,7-8,10H2/t11-,12-/m1/s1. The Balaban J connectivity index is 1.83. The summed E-state index contributed by atoms with van der Waals surface area (Å²) in [6.45, 7) is 1.60. The Morgan fingerprint density at radius 3 is 2.50 bits per heavy atom. The van der Waals surface area contributed by atoms with E-state index in [-0.39, 0.29) is 5.69 Å². The minimum absolute atomic E-state index is 0.107. The number of rotatable bonds is 2. The highest BCUT2D eigenvalue weighted by molar-refractivity contribution is 5.68. The second-order valence-electron chi connectivity index (χ2n) is 6.33. The molecule has 22 heavy (non-hydrogen) atoms. The molecule has 1 heterocycles. The van der Waals surface area contributed by atoms with Gasteiger partial charge in [0.1, 0.15) is 5.69 Å².